The fourth-order valence-electron chi connectivity index (χ4n) is 1.66. The number of hydrogen-bond acceptors (Lipinski definition) is 3. The first-order chi connectivity index (χ1) is 8.63. The lowest BCUT2D eigenvalue weighted by atomic mass is 10.2. The Morgan fingerprint density at radius 3 is 2.72 bits per heavy atom. The highest BCUT2D eigenvalue weighted by atomic mass is 16.1. The smallest absolute Gasteiger partial charge is 0.225 e. The molecule has 0 aliphatic rings. The second kappa shape index (κ2) is 7.71. The third kappa shape index (κ3) is 5.19. The van der Waals surface area contributed by atoms with Crippen LogP contribution in [0, 0.1) is 0 Å². The van der Waals surface area contributed by atoms with Gasteiger partial charge in [0, 0.05) is 13.0 Å². The van der Waals surface area contributed by atoms with Crippen molar-refractivity contribution in [2.75, 3.05) is 31.2 Å². The number of carbonyl (C=O) groups is 1. The predicted octanol–water partition coefficient (Wildman–Crippen LogP) is 2.33. The van der Waals surface area contributed by atoms with Gasteiger partial charge in [0.15, 0.2) is 0 Å². The van der Waals surface area contributed by atoms with E-state index in [-0.39, 0.29) is 5.91 Å². The number of para-hydroxylation sites is 2. The largest absolute Gasteiger partial charge is 0.397 e. The molecule has 0 aliphatic carbocycles. The number of nitrogen functional groups attached to an aromatic ring is 1. The minimum absolute atomic E-state index is 0.0104. The summed E-state index contributed by atoms with van der Waals surface area (Å²) in [6.45, 7) is 3.98. The van der Waals surface area contributed by atoms with Gasteiger partial charge in [0.05, 0.1) is 11.4 Å². The Bertz CT molecular complexity index is 379. The second-order valence-corrected chi connectivity index (χ2v) is 4.54. The molecule has 1 amide bonds. The van der Waals surface area contributed by atoms with E-state index in [4.69, 9.17) is 5.73 Å². The van der Waals surface area contributed by atoms with Crippen molar-refractivity contribution < 1.29 is 4.79 Å². The van der Waals surface area contributed by atoms with Crippen LogP contribution in [0.2, 0.25) is 0 Å². The van der Waals surface area contributed by atoms with E-state index in [1.54, 1.807) is 6.07 Å². The molecule has 0 saturated carbocycles. The van der Waals surface area contributed by atoms with Gasteiger partial charge < -0.3 is 16.0 Å². The van der Waals surface area contributed by atoms with Gasteiger partial charge in [-0.15, -0.1) is 0 Å². The summed E-state index contributed by atoms with van der Waals surface area (Å²) in [4.78, 5) is 13.9. The molecule has 0 aromatic heterocycles. The number of nitrogens with zero attached hydrogens (tertiary/aromatic N) is 1. The van der Waals surface area contributed by atoms with Crippen LogP contribution in [-0.2, 0) is 4.79 Å². The first-order valence-electron chi connectivity index (χ1n) is 6.46. The average Bonchev–Trinajstić information content (AvgIpc) is 2.36. The zero-order valence-corrected chi connectivity index (χ0v) is 11.3. The van der Waals surface area contributed by atoms with Crippen molar-refractivity contribution >= 4 is 17.3 Å². The van der Waals surface area contributed by atoms with Crippen LogP contribution in [-0.4, -0.2) is 30.9 Å². The molecule has 0 radical (unpaired) electrons. The van der Waals surface area contributed by atoms with E-state index < -0.39 is 0 Å². The van der Waals surface area contributed by atoms with Crippen LogP contribution >= 0.6 is 0 Å². The van der Waals surface area contributed by atoms with Crippen molar-refractivity contribution in [3.63, 3.8) is 0 Å². The zero-order chi connectivity index (χ0) is 13.4. The lowest BCUT2D eigenvalue weighted by Crippen LogP contribution is -2.25. The SMILES string of the molecule is CCCCN(C)CCC(=O)Nc1ccccc1N. The summed E-state index contributed by atoms with van der Waals surface area (Å²) in [5, 5.41) is 2.83. The van der Waals surface area contributed by atoms with Gasteiger partial charge in [0.1, 0.15) is 0 Å². The van der Waals surface area contributed by atoms with Crippen molar-refractivity contribution in [1.29, 1.82) is 0 Å². The topological polar surface area (TPSA) is 58.4 Å². The van der Waals surface area contributed by atoms with Crippen LogP contribution in [0.1, 0.15) is 26.2 Å². The van der Waals surface area contributed by atoms with Gasteiger partial charge >= 0.3 is 0 Å². The quantitative estimate of drug-likeness (QED) is 0.729. The summed E-state index contributed by atoms with van der Waals surface area (Å²) in [5.74, 6) is 0.0104. The normalized spacial score (nSPS) is 10.6. The number of nitrogens with one attached hydrogen (secondary N) is 1. The van der Waals surface area contributed by atoms with E-state index in [1.165, 1.54) is 12.8 Å². The maximum Gasteiger partial charge on any atom is 0.225 e. The zero-order valence-electron chi connectivity index (χ0n) is 11.3. The Balaban J connectivity index is 2.32. The fourth-order valence-corrected chi connectivity index (χ4v) is 1.66. The number of hydrogen-bond donors (Lipinski definition) is 2. The average molecular weight is 249 g/mol. The van der Waals surface area contributed by atoms with Crippen LogP contribution in [0.3, 0.4) is 0 Å². The van der Waals surface area contributed by atoms with Crippen molar-refractivity contribution in [2.24, 2.45) is 0 Å². The van der Waals surface area contributed by atoms with Crippen LogP contribution in [0.5, 0.6) is 0 Å². The first-order valence-corrected chi connectivity index (χ1v) is 6.46. The molecule has 0 aliphatic heterocycles. The maximum atomic E-state index is 11.7. The minimum atomic E-state index is 0.0104. The van der Waals surface area contributed by atoms with Crippen molar-refractivity contribution in [3.05, 3.63) is 24.3 Å². The molecule has 1 aromatic carbocycles. The maximum absolute atomic E-state index is 11.7. The van der Waals surface area contributed by atoms with Gasteiger partial charge in [0.2, 0.25) is 5.91 Å². The van der Waals surface area contributed by atoms with Crippen LogP contribution < -0.4 is 11.1 Å². The van der Waals surface area contributed by atoms with Gasteiger partial charge in [-0.2, -0.15) is 0 Å². The van der Waals surface area contributed by atoms with Crippen LogP contribution in [0.4, 0.5) is 11.4 Å². The Kier molecular flexibility index (Phi) is 6.22. The minimum Gasteiger partial charge on any atom is -0.397 e. The summed E-state index contributed by atoms with van der Waals surface area (Å²) in [7, 11) is 2.04. The van der Waals surface area contributed by atoms with E-state index >= 15 is 0 Å². The van der Waals surface area contributed by atoms with Crippen molar-refractivity contribution in [1.82, 2.24) is 4.90 Å². The molecule has 0 spiro atoms. The molecule has 0 heterocycles. The van der Waals surface area contributed by atoms with E-state index in [9.17, 15) is 4.79 Å². The number of benzene rings is 1. The molecule has 18 heavy (non-hydrogen) atoms. The lowest BCUT2D eigenvalue weighted by Gasteiger charge is -2.15. The number of anilines is 2. The van der Waals surface area contributed by atoms with Gasteiger partial charge in [-0.3, -0.25) is 4.79 Å². The summed E-state index contributed by atoms with van der Waals surface area (Å²) in [6.07, 6.45) is 2.84. The molecular weight excluding hydrogens is 226 g/mol. The second-order valence-electron chi connectivity index (χ2n) is 4.54. The fraction of sp³-hybridized carbons (Fsp3) is 0.500. The molecule has 3 N–H and O–H groups in total. The van der Waals surface area contributed by atoms with E-state index in [1.807, 2.05) is 25.2 Å². The van der Waals surface area contributed by atoms with Gasteiger partial charge in [-0.05, 0) is 32.1 Å². The molecular formula is C14H23N3O. The summed E-state index contributed by atoms with van der Waals surface area (Å²) in [5.41, 5.74) is 7.06. The summed E-state index contributed by atoms with van der Waals surface area (Å²) in [6, 6.07) is 7.31. The molecule has 0 atom stereocenters. The predicted molar refractivity (Wildman–Crippen MR) is 76.5 cm³/mol. The molecule has 0 unspecified atom stereocenters. The Labute approximate surface area is 109 Å². The van der Waals surface area contributed by atoms with Crippen LogP contribution in [0.15, 0.2) is 24.3 Å². The Morgan fingerprint density at radius 2 is 2.06 bits per heavy atom. The molecule has 0 saturated heterocycles. The third-order valence-electron chi connectivity index (χ3n) is 2.85. The van der Waals surface area contributed by atoms with Crippen molar-refractivity contribution in [2.45, 2.75) is 26.2 Å². The highest BCUT2D eigenvalue weighted by molar-refractivity contribution is 5.93. The van der Waals surface area contributed by atoms with E-state index in [2.05, 4.69) is 17.1 Å². The van der Waals surface area contributed by atoms with Crippen molar-refractivity contribution in [3.8, 4) is 0 Å². The molecule has 4 nitrogen and oxygen atoms in total. The Morgan fingerprint density at radius 1 is 1.33 bits per heavy atom. The molecule has 0 bridgehead atoms. The molecule has 4 heteroatoms. The third-order valence-corrected chi connectivity index (χ3v) is 2.85. The van der Waals surface area contributed by atoms with E-state index in [0.717, 1.165) is 13.1 Å². The number of carbonyl (C=O) groups excluding carboxylic acids is 1. The standard InChI is InChI=1S/C14H23N3O/c1-3-4-10-17(2)11-9-14(18)16-13-8-6-5-7-12(13)15/h5-8H,3-4,9-11,15H2,1-2H3,(H,16,18). The summed E-state index contributed by atoms with van der Waals surface area (Å²) >= 11 is 0. The highest BCUT2D eigenvalue weighted by Gasteiger charge is 2.06. The van der Waals surface area contributed by atoms with Gasteiger partial charge in [0.25, 0.3) is 0 Å². The Hall–Kier alpha value is -1.55. The molecule has 0 fully saturated rings. The highest BCUT2D eigenvalue weighted by Crippen LogP contribution is 2.16. The number of amides is 1. The first kappa shape index (κ1) is 14.5. The lowest BCUT2D eigenvalue weighted by molar-refractivity contribution is -0.116. The van der Waals surface area contributed by atoms with E-state index in [0.29, 0.717) is 17.8 Å². The monoisotopic (exact) mass is 249 g/mol. The molecule has 100 valence electrons. The number of nitrogens with two attached hydrogens (primary N) is 1. The van der Waals surface area contributed by atoms with Crippen LogP contribution in [0.25, 0.3) is 0 Å². The number of rotatable bonds is 7. The summed E-state index contributed by atoms with van der Waals surface area (Å²) < 4.78 is 0. The molecule has 1 aromatic rings. The molecule has 1 rings (SSSR count). The number of unbranched alkanes of at least 4 members (excludes halogenated alkanes) is 1. The van der Waals surface area contributed by atoms with Gasteiger partial charge in [-0.25, -0.2) is 0 Å². The van der Waals surface area contributed by atoms with Gasteiger partial charge in [-0.1, -0.05) is 25.5 Å².